The van der Waals surface area contributed by atoms with Crippen LogP contribution in [0, 0.1) is 5.92 Å². The van der Waals surface area contributed by atoms with E-state index in [1.165, 1.54) is 18.4 Å². The van der Waals surface area contributed by atoms with Gasteiger partial charge >= 0.3 is 0 Å². The van der Waals surface area contributed by atoms with E-state index in [1.54, 1.807) is 0 Å². The highest BCUT2D eigenvalue weighted by molar-refractivity contribution is 7.87. The highest BCUT2D eigenvalue weighted by atomic mass is 35.5. The molecular weight excluding hydrogens is 238 g/mol. The summed E-state index contributed by atoms with van der Waals surface area (Å²) in [5.74, 6) is 0.429. The molecule has 0 spiro atoms. The zero-order valence-corrected chi connectivity index (χ0v) is 10.8. The Balaban J connectivity index is 0.00000196. The van der Waals surface area contributed by atoms with Crippen molar-refractivity contribution >= 4 is 22.6 Å². The van der Waals surface area contributed by atoms with Crippen molar-refractivity contribution in [1.29, 1.82) is 0 Å². The first-order valence-electron chi connectivity index (χ1n) is 4.90. The fraction of sp³-hybridized carbons (Fsp3) is 1.00. The van der Waals surface area contributed by atoms with Crippen LogP contribution in [-0.4, -0.2) is 46.5 Å². The highest BCUT2D eigenvalue weighted by Gasteiger charge is 2.17. The quantitative estimate of drug-likeness (QED) is 0.734. The Hall–Kier alpha value is 0.120. The van der Waals surface area contributed by atoms with Gasteiger partial charge in [0.15, 0.2) is 0 Å². The smallest absolute Gasteiger partial charge is 0.278 e. The monoisotopic (exact) mass is 257 g/mol. The maximum atomic E-state index is 11.4. The maximum absolute atomic E-state index is 11.4. The van der Waals surface area contributed by atoms with Crippen LogP contribution < -0.4 is 10.0 Å². The molecule has 1 unspecified atom stereocenters. The van der Waals surface area contributed by atoms with Crippen LogP contribution in [0.15, 0.2) is 0 Å². The topological polar surface area (TPSA) is 61.4 Å². The van der Waals surface area contributed by atoms with E-state index in [1.807, 2.05) is 0 Å². The first kappa shape index (κ1) is 15.1. The van der Waals surface area contributed by atoms with Crippen LogP contribution >= 0.6 is 12.4 Å². The van der Waals surface area contributed by atoms with Gasteiger partial charge in [-0.1, -0.05) is 0 Å². The van der Waals surface area contributed by atoms with E-state index in [0.717, 1.165) is 25.9 Å². The Kier molecular flexibility index (Phi) is 6.70. The minimum Gasteiger partial charge on any atom is -0.316 e. The second-order valence-electron chi connectivity index (χ2n) is 3.85. The predicted molar refractivity (Wildman–Crippen MR) is 63.5 cm³/mol. The largest absolute Gasteiger partial charge is 0.316 e. The van der Waals surface area contributed by atoms with Crippen molar-refractivity contribution in [2.45, 2.75) is 12.8 Å². The van der Waals surface area contributed by atoms with Gasteiger partial charge in [0.1, 0.15) is 0 Å². The Morgan fingerprint density at radius 2 is 2.13 bits per heavy atom. The molecule has 0 bridgehead atoms. The van der Waals surface area contributed by atoms with E-state index in [2.05, 4.69) is 10.0 Å². The molecule has 5 nitrogen and oxygen atoms in total. The van der Waals surface area contributed by atoms with E-state index in [-0.39, 0.29) is 12.4 Å². The average Bonchev–Trinajstić information content (AvgIpc) is 2.16. The van der Waals surface area contributed by atoms with E-state index in [9.17, 15) is 8.42 Å². The molecule has 0 aromatic rings. The molecule has 0 radical (unpaired) electrons. The molecule has 15 heavy (non-hydrogen) atoms. The maximum Gasteiger partial charge on any atom is 0.278 e. The summed E-state index contributed by atoms with van der Waals surface area (Å²) in [7, 11) is -0.184. The van der Waals surface area contributed by atoms with Gasteiger partial charge in [-0.15, -0.1) is 12.4 Å². The van der Waals surface area contributed by atoms with Gasteiger partial charge in [-0.2, -0.15) is 12.7 Å². The van der Waals surface area contributed by atoms with Crippen molar-refractivity contribution in [2.24, 2.45) is 5.92 Å². The summed E-state index contributed by atoms with van der Waals surface area (Å²) in [6.07, 6.45) is 2.23. The number of piperidine rings is 1. The SMILES string of the molecule is CN(C)S(=O)(=O)NCC1CCCNC1.Cl. The standard InChI is InChI=1S/C8H19N3O2S.ClH/c1-11(2)14(12,13)10-7-8-4-3-5-9-6-8;/h8-10H,3-7H2,1-2H3;1H. The molecule has 1 aliphatic rings. The first-order chi connectivity index (χ1) is 6.52. The molecule has 0 aliphatic carbocycles. The zero-order valence-electron chi connectivity index (χ0n) is 9.19. The van der Waals surface area contributed by atoms with Gasteiger partial charge < -0.3 is 5.32 Å². The molecule has 1 heterocycles. The summed E-state index contributed by atoms with van der Waals surface area (Å²) in [6.45, 7) is 2.50. The van der Waals surface area contributed by atoms with Crippen LogP contribution in [0.1, 0.15) is 12.8 Å². The van der Waals surface area contributed by atoms with Gasteiger partial charge in [-0.3, -0.25) is 0 Å². The molecule has 0 aromatic heterocycles. The third-order valence-electron chi connectivity index (χ3n) is 2.43. The van der Waals surface area contributed by atoms with Crippen molar-refractivity contribution in [1.82, 2.24) is 14.3 Å². The minimum absolute atomic E-state index is 0. The lowest BCUT2D eigenvalue weighted by Gasteiger charge is -2.23. The van der Waals surface area contributed by atoms with E-state index >= 15 is 0 Å². The molecule has 1 fully saturated rings. The van der Waals surface area contributed by atoms with Crippen LogP contribution in [0.3, 0.4) is 0 Å². The zero-order chi connectivity index (χ0) is 10.6. The molecule has 0 aromatic carbocycles. The fourth-order valence-corrected chi connectivity index (χ4v) is 2.15. The number of hydrogen-bond donors (Lipinski definition) is 2. The Morgan fingerprint density at radius 3 is 2.60 bits per heavy atom. The Labute approximate surface area is 98.2 Å². The summed E-state index contributed by atoms with van der Waals surface area (Å²) in [4.78, 5) is 0. The van der Waals surface area contributed by atoms with Crippen LogP contribution in [-0.2, 0) is 10.2 Å². The number of nitrogens with zero attached hydrogens (tertiary/aromatic N) is 1. The van der Waals surface area contributed by atoms with Crippen LogP contribution in [0.2, 0.25) is 0 Å². The third-order valence-corrected chi connectivity index (χ3v) is 3.93. The van der Waals surface area contributed by atoms with Crippen LogP contribution in [0.25, 0.3) is 0 Å². The second kappa shape index (κ2) is 6.65. The summed E-state index contributed by atoms with van der Waals surface area (Å²) in [6, 6.07) is 0. The van der Waals surface area contributed by atoms with E-state index < -0.39 is 10.2 Å². The Bertz CT molecular complexity index is 263. The molecule has 1 saturated heterocycles. The highest BCUT2D eigenvalue weighted by Crippen LogP contribution is 2.08. The summed E-state index contributed by atoms with van der Waals surface area (Å²) in [5.41, 5.74) is 0. The molecule has 7 heteroatoms. The lowest BCUT2D eigenvalue weighted by molar-refractivity contribution is 0.372. The van der Waals surface area contributed by atoms with E-state index in [0.29, 0.717) is 12.5 Å². The van der Waals surface area contributed by atoms with Gasteiger partial charge in [-0.25, -0.2) is 4.72 Å². The number of rotatable bonds is 4. The lowest BCUT2D eigenvalue weighted by Crippen LogP contribution is -2.42. The summed E-state index contributed by atoms with van der Waals surface area (Å²) >= 11 is 0. The van der Waals surface area contributed by atoms with Crippen molar-refractivity contribution in [3.8, 4) is 0 Å². The third kappa shape index (κ3) is 5.12. The molecule has 92 valence electrons. The van der Waals surface area contributed by atoms with Gasteiger partial charge in [0.2, 0.25) is 0 Å². The van der Waals surface area contributed by atoms with Gasteiger partial charge in [-0.05, 0) is 31.8 Å². The van der Waals surface area contributed by atoms with Crippen molar-refractivity contribution in [3.05, 3.63) is 0 Å². The van der Waals surface area contributed by atoms with Gasteiger partial charge in [0.05, 0.1) is 0 Å². The first-order valence-corrected chi connectivity index (χ1v) is 6.34. The minimum atomic E-state index is -3.24. The van der Waals surface area contributed by atoms with Crippen molar-refractivity contribution in [2.75, 3.05) is 33.7 Å². The fourth-order valence-electron chi connectivity index (χ4n) is 1.45. The molecular formula is C8H20ClN3O2S. The van der Waals surface area contributed by atoms with Gasteiger partial charge in [0.25, 0.3) is 10.2 Å². The Morgan fingerprint density at radius 1 is 1.47 bits per heavy atom. The molecule has 0 saturated carbocycles. The molecule has 0 amide bonds. The van der Waals surface area contributed by atoms with E-state index in [4.69, 9.17) is 0 Å². The normalized spacial score (nSPS) is 22.5. The number of halogens is 1. The number of hydrogen-bond acceptors (Lipinski definition) is 3. The van der Waals surface area contributed by atoms with Gasteiger partial charge in [0, 0.05) is 20.6 Å². The van der Waals surface area contributed by atoms with Crippen LogP contribution in [0.4, 0.5) is 0 Å². The van der Waals surface area contributed by atoms with Crippen molar-refractivity contribution in [3.63, 3.8) is 0 Å². The second-order valence-corrected chi connectivity index (χ2v) is 5.82. The summed E-state index contributed by atoms with van der Waals surface area (Å²) in [5, 5.41) is 3.25. The number of nitrogens with one attached hydrogen (secondary N) is 2. The van der Waals surface area contributed by atoms with Crippen molar-refractivity contribution < 1.29 is 8.42 Å². The predicted octanol–water partition coefficient (Wildman–Crippen LogP) is -0.196. The lowest BCUT2D eigenvalue weighted by atomic mass is 10.0. The molecule has 1 rings (SSSR count). The van der Waals surface area contributed by atoms with Crippen LogP contribution in [0.5, 0.6) is 0 Å². The molecule has 1 atom stereocenters. The summed E-state index contributed by atoms with van der Waals surface area (Å²) < 4.78 is 26.5. The molecule has 1 aliphatic heterocycles. The molecule has 2 N–H and O–H groups in total. The average molecular weight is 258 g/mol.